The average molecular weight is 444 g/mol. The van der Waals surface area contributed by atoms with Gasteiger partial charge in [-0.2, -0.15) is 0 Å². The first kappa shape index (κ1) is 20.5. The zero-order chi connectivity index (χ0) is 22.1. The first-order chi connectivity index (χ1) is 15.6. The van der Waals surface area contributed by atoms with Crippen molar-refractivity contribution in [2.75, 3.05) is 18.4 Å². The number of aromatic amines is 1. The fourth-order valence-electron chi connectivity index (χ4n) is 4.35. The highest BCUT2D eigenvalue weighted by Crippen LogP contribution is 2.27. The van der Waals surface area contributed by atoms with E-state index in [4.69, 9.17) is 0 Å². The van der Waals surface area contributed by atoms with Crippen LogP contribution in [0.2, 0.25) is 0 Å². The Balaban J connectivity index is 1.29. The molecule has 0 spiro atoms. The predicted octanol–water partition coefficient (Wildman–Crippen LogP) is 5.70. The maximum absolute atomic E-state index is 13.0. The Kier molecular flexibility index (Phi) is 5.53. The summed E-state index contributed by atoms with van der Waals surface area (Å²) in [6.07, 6.45) is 1.63. The molecule has 2 aromatic heterocycles. The number of carbonyl (C=O) groups is 2. The largest absolute Gasteiger partial charge is 0.355 e. The van der Waals surface area contributed by atoms with E-state index in [1.54, 1.807) is 0 Å². The predicted molar refractivity (Wildman–Crippen MR) is 130 cm³/mol. The molecule has 2 amide bonds. The molecule has 0 unspecified atom stereocenters. The number of hydrogen-bond acceptors (Lipinski definition) is 3. The van der Waals surface area contributed by atoms with Crippen LogP contribution in [0.25, 0.3) is 22.2 Å². The van der Waals surface area contributed by atoms with E-state index >= 15 is 0 Å². The number of rotatable bonds is 4. The Labute approximate surface area is 191 Å². The molecular weight excluding hydrogens is 418 g/mol. The molecule has 1 atom stereocenters. The van der Waals surface area contributed by atoms with Gasteiger partial charge in [-0.05, 0) is 61.0 Å². The number of aryl methyl sites for hydroxylation is 1. The quantitative estimate of drug-likeness (QED) is 0.425. The van der Waals surface area contributed by atoms with Crippen molar-refractivity contribution in [1.82, 2.24) is 9.88 Å². The summed E-state index contributed by atoms with van der Waals surface area (Å²) in [5, 5.41) is 6.17. The minimum Gasteiger partial charge on any atom is -0.355 e. The van der Waals surface area contributed by atoms with Crippen molar-refractivity contribution < 1.29 is 9.59 Å². The van der Waals surface area contributed by atoms with Gasteiger partial charge in [0.1, 0.15) is 0 Å². The topological polar surface area (TPSA) is 65.2 Å². The molecule has 162 valence electrons. The van der Waals surface area contributed by atoms with Crippen molar-refractivity contribution in [2.45, 2.75) is 19.8 Å². The summed E-state index contributed by atoms with van der Waals surface area (Å²) in [5.41, 5.74) is 4.89. The highest BCUT2D eigenvalue weighted by Gasteiger charge is 2.30. The number of likely N-dealkylation sites (tertiary alicyclic amines) is 1. The number of nitrogens with zero attached hydrogens (tertiary/aromatic N) is 1. The maximum atomic E-state index is 13.0. The first-order valence-electron chi connectivity index (χ1n) is 10.9. The van der Waals surface area contributed by atoms with Crippen LogP contribution < -0.4 is 5.32 Å². The summed E-state index contributed by atoms with van der Waals surface area (Å²) in [6, 6.07) is 20.1. The molecule has 1 saturated heterocycles. The van der Waals surface area contributed by atoms with Crippen LogP contribution >= 0.6 is 11.3 Å². The van der Waals surface area contributed by atoms with E-state index in [0.717, 1.165) is 51.1 Å². The van der Waals surface area contributed by atoms with E-state index in [0.29, 0.717) is 13.1 Å². The van der Waals surface area contributed by atoms with Crippen molar-refractivity contribution in [3.8, 4) is 11.3 Å². The van der Waals surface area contributed by atoms with Crippen molar-refractivity contribution in [3.05, 3.63) is 76.5 Å². The molecular formula is C26H25N3O2S. The van der Waals surface area contributed by atoms with Gasteiger partial charge in [-0.15, -0.1) is 11.3 Å². The number of amides is 2. The molecule has 0 aliphatic carbocycles. The first-order valence-corrected chi connectivity index (χ1v) is 11.8. The van der Waals surface area contributed by atoms with Gasteiger partial charge >= 0.3 is 0 Å². The number of piperidine rings is 1. The maximum Gasteiger partial charge on any atom is 0.264 e. The summed E-state index contributed by atoms with van der Waals surface area (Å²) >= 11 is 1.47. The highest BCUT2D eigenvalue weighted by molar-refractivity contribution is 7.12. The van der Waals surface area contributed by atoms with Gasteiger partial charge < -0.3 is 15.2 Å². The number of benzene rings is 2. The monoisotopic (exact) mass is 443 g/mol. The third-order valence-corrected chi connectivity index (χ3v) is 7.11. The van der Waals surface area contributed by atoms with E-state index in [-0.39, 0.29) is 17.7 Å². The molecule has 0 saturated carbocycles. The van der Waals surface area contributed by atoms with Gasteiger partial charge in [0.15, 0.2) is 0 Å². The highest BCUT2D eigenvalue weighted by atomic mass is 32.1. The molecule has 2 N–H and O–H groups in total. The number of aromatic nitrogens is 1. The normalized spacial score (nSPS) is 16.3. The van der Waals surface area contributed by atoms with Crippen LogP contribution in [0.15, 0.2) is 66.0 Å². The number of para-hydroxylation sites is 1. The summed E-state index contributed by atoms with van der Waals surface area (Å²) in [7, 11) is 0. The van der Waals surface area contributed by atoms with Crippen molar-refractivity contribution in [1.29, 1.82) is 0 Å². The molecule has 1 aliphatic heterocycles. The zero-order valence-corrected chi connectivity index (χ0v) is 18.7. The fourth-order valence-corrected chi connectivity index (χ4v) is 5.24. The average Bonchev–Trinajstić information content (AvgIpc) is 3.45. The standard InChI is InChI=1S/C26H25N3O2S/c1-17-11-13-32-24(17)26(31)29-12-5-8-20(16-29)25(30)27-21-9-4-7-18(14-21)23-15-19-6-2-3-10-22(19)28-23/h2-4,6-7,9-11,13-15,20,28H,5,8,12,16H2,1H3,(H,27,30)/t20-/m0/s1. The Morgan fingerprint density at radius 3 is 2.78 bits per heavy atom. The van der Waals surface area contributed by atoms with Gasteiger partial charge in [-0.25, -0.2) is 0 Å². The molecule has 5 nitrogen and oxygen atoms in total. The SMILES string of the molecule is Cc1ccsc1C(=O)N1CCC[C@H](C(=O)Nc2cccc(-c3cc4ccccc4[nH]3)c2)C1. The molecule has 4 aromatic rings. The van der Waals surface area contributed by atoms with Crippen LogP contribution in [0, 0.1) is 12.8 Å². The summed E-state index contributed by atoms with van der Waals surface area (Å²) in [6.45, 7) is 3.12. The van der Waals surface area contributed by atoms with Crippen molar-refractivity contribution >= 4 is 39.7 Å². The lowest BCUT2D eigenvalue weighted by atomic mass is 9.96. The van der Waals surface area contributed by atoms with Crippen LogP contribution in [0.3, 0.4) is 0 Å². The minimum absolute atomic E-state index is 0.0285. The Bertz CT molecular complexity index is 1260. The van der Waals surface area contributed by atoms with Gasteiger partial charge in [-0.3, -0.25) is 9.59 Å². The Morgan fingerprint density at radius 1 is 1.09 bits per heavy atom. The lowest BCUT2D eigenvalue weighted by Crippen LogP contribution is -2.43. The molecule has 2 aromatic carbocycles. The molecule has 32 heavy (non-hydrogen) atoms. The fraction of sp³-hybridized carbons (Fsp3) is 0.231. The van der Waals surface area contributed by atoms with Gasteiger partial charge in [-0.1, -0.05) is 30.3 Å². The second-order valence-electron chi connectivity index (χ2n) is 8.36. The van der Waals surface area contributed by atoms with E-state index in [1.165, 1.54) is 11.3 Å². The molecule has 5 rings (SSSR count). The lowest BCUT2D eigenvalue weighted by molar-refractivity contribution is -0.121. The third-order valence-electron chi connectivity index (χ3n) is 6.11. The molecule has 0 radical (unpaired) electrons. The molecule has 3 heterocycles. The summed E-state index contributed by atoms with van der Waals surface area (Å²) in [5.74, 6) is -0.195. The van der Waals surface area contributed by atoms with Gasteiger partial charge in [0.25, 0.3) is 5.91 Å². The molecule has 1 aliphatic rings. The van der Waals surface area contributed by atoms with Crippen LogP contribution in [0.5, 0.6) is 0 Å². The van der Waals surface area contributed by atoms with Gasteiger partial charge in [0.05, 0.1) is 10.8 Å². The van der Waals surface area contributed by atoms with E-state index in [1.807, 2.05) is 59.7 Å². The van der Waals surface area contributed by atoms with Gasteiger partial charge in [0, 0.05) is 40.9 Å². The lowest BCUT2D eigenvalue weighted by Gasteiger charge is -2.32. The Hall–Kier alpha value is -3.38. The summed E-state index contributed by atoms with van der Waals surface area (Å²) < 4.78 is 0. The second kappa shape index (κ2) is 8.63. The molecule has 6 heteroatoms. The zero-order valence-electron chi connectivity index (χ0n) is 17.9. The number of fused-ring (bicyclic) bond motifs is 1. The number of carbonyl (C=O) groups excluding carboxylic acids is 2. The van der Waals surface area contributed by atoms with E-state index in [9.17, 15) is 9.59 Å². The Morgan fingerprint density at radius 2 is 1.97 bits per heavy atom. The number of hydrogen-bond donors (Lipinski definition) is 2. The number of thiophene rings is 1. The number of anilines is 1. The minimum atomic E-state index is -0.204. The van der Waals surface area contributed by atoms with Crippen molar-refractivity contribution in [2.24, 2.45) is 5.92 Å². The number of H-pyrrole nitrogens is 1. The summed E-state index contributed by atoms with van der Waals surface area (Å²) in [4.78, 5) is 31.9. The van der Waals surface area contributed by atoms with E-state index in [2.05, 4.69) is 28.5 Å². The smallest absolute Gasteiger partial charge is 0.264 e. The van der Waals surface area contributed by atoms with E-state index < -0.39 is 0 Å². The number of nitrogens with one attached hydrogen (secondary N) is 2. The molecule has 1 fully saturated rings. The molecule has 0 bridgehead atoms. The second-order valence-corrected chi connectivity index (χ2v) is 9.28. The van der Waals surface area contributed by atoms with Crippen LogP contribution in [-0.4, -0.2) is 34.8 Å². The van der Waals surface area contributed by atoms with Crippen LogP contribution in [0.1, 0.15) is 28.1 Å². The van der Waals surface area contributed by atoms with Crippen LogP contribution in [-0.2, 0) is 4.79 Å². The third kappa shape index (κ3) is 4.06. The van der Waals surface area contributed by atoms with Crippen LogP contribution in [0.4, 0.5) is 5.69 Å². The van der Waals surface area contributed by atoms with Gasteiger partial charge in [0.2, 0.25) is 5.91 Å². The van der Waals surface area contributed by atoms with Crippen molar-refractivity contribution in [3.63, 3.8) is 0 Å².